The molecule has 0 fully saturated rings. The van der Waals surface area contributed by atoms with E-state index in [-0.39, 0.29) is 11.5 Å². The van der Waals surface area contributed by atoms with Crippen LogP contribution >= 0.6 is 0 Å². The highest BCUT2D eigenvalue weighted by molar-refractivity contribution is 5.67. The first-order valence-corrected chi connectivity index (χ1v) is 7.99. The van der Waals surface area contributed by atoms with Crippen molar-refractivity contribution >= 4 is 5.65 Å². The van der Waals surface area contributed by atoms with Crippen LogP contribution < -0.4 is 5.56 Å². The minimum atomic E-state index is -0.178. The van der Waals surface area contributed by atoms with Gasteiger partial charge in [-0.1, -0.05) is 27.7 Å². The Kier molecular flexibility index (Phi) is 3.97. The monoisotopic (exact) mass is 324 g/mol. The summed E-state index contributed by atoms with van der Waals surface area (Å²) in [4.78, 5) is 17.4. The maximum atomic E-state index is 12.8. The zero-order chi connectivity index (χ0) is 17.4. The van der Waals surface area contributed by atoms with Gasteiger partial charge in [-0.3, -0.25) is 14.6 Å². The number of nitrogens with zero attached hydrogens (tertiary/aromatic N) is 5. The summed E-state index contributed by atoms with van der Waals surface area (Å²) in [6.45, 7) is 8.96. The Morgan fingerprint density at radius 2 is 2.08 bits per heavy atom. The summed E-state index contributed by atoms with van der Waals surface area (Å²) in [6, 6.07) is 2.06. The van der Waals surface area contributed by atoms with Crippen molar-refractivity contribution in [1.29, 1.82) is 5.26 Å². The highest BCUT2D eigenvalue weighted by Crippen LogP contribution is 2.26. The van der Waals surface area contributed by atoms with Crippen LogP contribution in [0.2, 0.25) is 0 Å². The molecule has 3 rings (SSSR count). The van der Waals surface area contributed by atoms with Gasteiger partial charge in [-0.25, -0.2) is 9.50 Å². The fourth-order valence-corrected chi connectivity index (χ4v) is 2.81. The third-order valence-corrected chi connectivity index (χ3v) is 3.85. The van der Waals surface area contributed by atoms with Gasteiger partial charge in [-0.2, -0.15) is 10.4 Å². The number of rotatable bonds is 4. The van der Waals surface area contributed by atoms with Gasteiger partial charge in [0.05, 0.1) is 11.9 Å². The number of nitriles is 1. The van der Waals surface area contributed by atoms with Crippen molar-refractivity contribution in [2.45, 2.75) is 40.2 Å². The molecule has 0 saturated carbocycles. The van der Waals surface area contributed by atoms with E-state index in [0.717, 1.165) is 12.1 Å². The normalized spacial score (nSPS) is 11.5. The predicted octanol–water partition coefficient (Wildman–Crippen LogP) is 2.54. The first-order valence-electron chi connectivity index (χ1n) is 7.99. The Morgan fingerprint density at radius 3 is 2.71 bits per heavy atom. The van der Waals surface area contributed by atoms with E-state index in [0.29, 0.717) is 28.4 Å². The van der Waals surface area contributed by atoms with Crippen molar-refractivity contribution < 1.29 is 0 Å². The van der Waals surface area contributed by atoms with Gasteiger partial charge in [0.1, 0.15) is 11.6 Å². The van der Waals surface area contributed by atoms with Crippen LogP contribution in [0.3, 0.4) is 0 Å². The molecule has 3 aromatic heterocycles. The standard InChI is InChI=1S/C17H20N6O/c1-10(2)8-22-9-13(7-19-22)15-14(11(3)4)17(24)23-16(21-15)12(5-18)6-20-23/h6-7,9-11,20H,8H2,1-4H3. The molecule has 3 heterocycles. The molecule has 0 spiro atoms. The largest absolute Gasteiger partial charge is 0.295 e. The maximum Gasteiger partial charge on any atom is 0.276 e. The van der Waals surface area contributed by atoms with E-state index in [9.17, 15) is 10.1 Å². The first kappa shape index (κ1) is 16.0. The average Bonchev–Trinajstić information content (AvgIpc) is 3.12. The molecule has 1 N–H and O–H groups in total. The van der Waals surface area contributed by atoms with Gasteiger partial charge in [0, 0.05) is 30.1 Å². The molecule has 0 bridgehead atoms. The Morgan fingerprint density at radius 1 is 1.33 bits per heavy atom. The molecule has 0 unspecified atom stereocenters. The topological polar surface area (TPSA) is 91.8 Å². The Bertz CT molecular complexity index is 983. The van der Waals surface area contributed by atoms with E-state index in [4.69, 9.17) is 0 Å². The van der Waals surface area contributed by atoms with Gasteiger partial charge in [-0.05, 0) is 11.8 Å². The Balaban J connectivity index is 2.26. The molecule has 0 aliphatic carbocycles. The molecule has 0 atom stereocenters. The second-order valence-electron chi connectivity index (χ2n) is 6.64. The molecule has 7 nitrogen and oxygen atoms in total. The smallest absolute Gasteiger partial charge is 0.276 e. The number of H-pyrrole nitrogens is 1. The lowest BCUT2D eigenvalue weighted by atomic mass is 10.00. The lowest BCUT2D eigenvalue weighted by molar-refractivity contribution is 0.483. The number of aromatic nitrogens is 5. The van der Waals surface area contributed by atoms with Gasteiger partial charge in [0.25, 0.3) is 5.56 Å². The quantitative estimate of drug-likeness (QED) is 0.798. The van der Waals surface area contributed by atoms with E-state index in [1.54, 1.807) is 6.20 Å². The number of aromatic amines is 1. The van der Waals surface area contributed by atoms with E-state index < -0.39 is 0 Å². The minimum absolute atomic E-state index is 0.000755. The highest BCUT2D eigenvalue weighted by atomic mass is 16.1. The highest BCUT2D eigenvalue weighted by Gasteiger charge is 2.20. The van der Waals surface area contributed by atoms with Crippen molar-refractivity contribution in [1.82, 2.24) is 24.4 Å². The third-order valence-electron chi connectivity index (χ3n) is 3.85. The summed E-state index contributed by atoms with van der Waals surface area (Å²) in [5.74, 6) is 0.470. The Hall–Kier alpha value is -2.88. The zero-order valence-electron chi connectivity index (χ0n) is 14.2. The van der Waals surface area contributed by atoms with Crippen LogP contribution in [0.1, 0.15) is 44.7 Å². The molecule has 3 aromatic rings. The lowest BCUT2D eigenvalue weighted by Gasteiger charge is -2.10. The number of fused-ring (bicyclic) bond motifs is 1. The molecule has 0 amide bonds. The summed E-state index contributed by atoms with van der Waals surface area (Å²) in [7, 11) is 0. The van der Waals surface area contributed by atoms with Crippen LogP contribution in [0.4, 0.5) is 0 Å². The minimum Gasteiger partial charge on any atom is -0.295 e. The predicted molar refractivity (Wildman–Crippen MR) is 90.7 cm³/mol. The van der Waals surface area contributed by atoms with Crippen LogP contribution in [-0.4, -0.2) is 24.4 Å². The van der Waals surface area contributed by atoms with Crippen molar-refractivity contribution in [2.24, 2.45) is 5.92 Å². The summed E-state index contributed by atoms with van der Waals surface area (Å²) in [6.07, 6.45) is 5.13. The summed E-state index contributed by atoms with van der Waals surface area (Å²) in [5, 5.41) is 16.4. The molecule has 0 saturated heterocycles. The zero-order valence-corrected chi connectivity index (χ0v) is 14.2. The number of hydrogen-bond donors (Lipinski definition) is 1. The van der Waals surface area contributed by atoms with Gasteiger partial charge in [-0.15, -0.1) is 0 Å². The summed E-state index contributed by atoms with van der Waals surface area (Å²) < 4.78 is 3.19. The van der Waals surface area contributed by atoms with Crippen molar-refractivity contribution in [2.75, 3.05) is 0 Å². The fraction of sp³-hybridized carbons (Fsp3) is 0.412. The van der Waals surface area contributed by atoms with E-state index in [1.807, 2.05) is 24.7 Å². The number of hydrogen-bond acceptors (Lipinski definition) is 4. The third kappa shape index (κ3) is 2.60. The first-order chi connectivity index (χ1) is 11.4. The second kappa shape index (κ2) is 5.96. The number of nitrogens with one attached hydrogen (secondary N) is 1. The van der Waals surface area contributed by atoms with Crippen molar-refractivity contribution in [3.8, 4) is 17.3 Å². The van der Waals surface area contributed by atoms with E-state index in [1.165, 1.54) is 10.7 Å². The van der Waals surface area contributed by atoms with Crippen molar-refractivity contribution in [3.05, 3.63) is 40.1 Å². The van der Waals surface area contributed by atoms with Crippen LogP contribution in [0.5, 0.6) is 0 Å². The van der Waals surface area contributed by atoms with Crippen LogP contribution in [-0.2, 0) is 6.54 Å². The van der Waals surface area contributed by atoms with Crippen molar-refractivity contribution in [3.63, 3.8) is 0 Å². The second-order valence-corrected chi connectivity index (χ2v) is 6.64. The summed E-state index contributed by atoms with van der Waals surface area (Å²) in [5.41, 5.74) is 2.52. The van der Waals surface area contributed by atoms with Crippen LogP contribution in [0.25, 0.3) is 16.9 Å². The van der Waals surface area contributed by atoms with Gasteiger partial charge in [0.15, 0.2) is 5.65 Å². The molecular formula is C17H20N6O. The van der Waals surface area contributed by atoms with E-state index in [2.05, 4.69) is 35.1 Å². The van der Waals surface area contributed by atoms with Gasteiger partial charge >= 0.3 is 0 Å². The molecule has 0 aliphatic rings. The molecule has 0 aromatic carbocycles. The summed E-state index contributed by atoms with van der Waals surface area (Å²) >= 11 is 0. The van der Waals surface area contributed by atoms with Gasteiger partial charge < -0.3 is 0 Å². The Labute approximate surface area is 139 Å². The lowest BCUT2D eigenvalue weighted by Crippen LogP contribution is -2.22. The maximum absolute atomic E-state index is 12.8. The molecule has 7 heteroatoms. The fourth-order valence-electron chi connectivity index (χ4n) is 2.81. The average molecular weight is 324 g/mol. The SMILES string of the molecule is CC(C)Cn1cc(-c2nc3c(C#N)c[nH]n3c(=O)c2C(C)C)cn1. The molecule has 124 valence electrons. The molecular weight excluding hydrogens is 304 g/mol. The molecule has 0 aliphatic heterocycles. The van der Waals surface area contributed by atoms with Crippen LogP contribution in [0.15, 0.2) is 23.4 Å². The molecule has 24 heavy (non-hydrogen) atoms. The molecule has 0 radical (unpaired) electrons. The van der Waals surface area contributed by atoms with Gasteiger partial charge in [0.2, 0.25) is 0 Å². The van der Waals surface area contributed by atoms with Crippen LogP contribution in [0, 0.1) is 17.2 Å². The van der Waals surface area contributed by atoms with E-state index >= 15 is 0 Å².